The molecule has 4 aromatic rings. The molecule has 0 unspecified atom stereocenters. The van der Waals surface area contributed by atoms with E-state index < -0.39 is 0 Å². The van der Waals surface area contributed by atoms with Crippen LogP contribution < -0.4 is 14.9 Å². The number of hydrogen-bond acceptors (Lipinski definition) is 5. The minimum atomic E-state index is 0.279. The number of nitrogens with one attached hydrogen (secondary N) is 2. The molecule has 170 valence electrons. The summed E-state index contributed by atoms with van der Waals surface area (Å²) in [5, 5.41) is 8.30. The fraction of sp³-hybridized carbons (Fsp3) is 0.130. The lowest BCUT2D eigenvalue weighted by atomic mass is 10.2. The zero-order valence-corrected chi connectivity index (χ0v) is 21.4. The van der Waals surface area contributed by atoms with E-state index in [2.05, 4.69) is 31.6 Å². The van der Waals surface area contributed by atoms with Crippen LogP contribution in [0.5, 0.6) is 11.5 Å². The second-order valence-corrected chi connectivity index (χ2v) is 9.09. The minimum Gasteiger partial charge on any atom is -0.493 e. The molecule has 0 fully saturated rings. The number of aromatic amines is 1. The Morgan fingerprint density at radius 2 is 1.85 bits per heavy atom. The third kappa shape index (κ3) is 5.52. The summed E-state index contributed by atoms with van der Waals surface area (Å²) in [6, 6.07) is 18.9. The topological polar surface area (TPSA) is 64.1 Å². The molecule has 0 radical (unpaired) electrons. The van der Waals surface area contributed by atoms with Crippen molar-refractivity contribution in [2.24, 2.45) is 0 Å². The van der Waals surface area contributed by atoms with Gasteiger partial charge in [0.15, 0.2) is 17.3 Å². The maximum atomic E-state index is 6.25. The van der Waals surface area contributed by atoms with E-state index in [0.29, 0.717) is 38.7 Å². The molecule has 3 aromatic carbocycles. The molecule has 0 saturated carbocycles. The third-order valence-corrected chi connectivity index (χ3v) is 6.46. The number of ether oxygens (including phenoxy) is 2. The lowest BCUT2D eigenvalue weighted by Crippen LogP contribution is -2.16. The predicted octanol–water partition coefficient (Wildman–Crippen LogP) is 7.01. The highest BCUT2D eigenvalue weighted by Gasteiger charge is 2.13. The van der Waals surface area contributed by atoms with Gasteiger partial charge < -0.3 is 14.9 Å². The largest absolute Gasteiger partial charge is 0.493 e. The first-order valence-electron chi connectivity index (χ1n) is 9.86. The third-order valence-electron chi connectivity index (χ3n) is 4.86. The molecule has 0 atom stereocenters. The normalized spacial score (nSPS) is 10.8. The number of H-pyrrole nitrogens is 1. The van der Waals surface area contributed by atoms with Crippen molar-refractivity contribution in [2.75, 3.05) is 12.5 Å². The molecule has 1 aromatic heterocycles. The van der Waals surface area contributed by atoms with Crippen LogP contribution in [0.15, 0.2) is 65.1 Å². The summed E-state index contributed by atoms with van der Waals surface area (Å²) < 4.78 is 14.6. The van der Waals surface area contributed by atoms with E-state index in [1.807, 2.05) is 48.5 Å². The van der Waals surface area contributed by atoms with Gasteiger partial charge in [0, 0.05) is 25.6 Å². The summed E-state index contributed by atoms with van der Waals surface area (Å²) in [5.41, 5.74) is 6.04. The van der Waals surface area contributed by atoms with Gasteiger partial charge in [0.1, 0.15) is 6.61 Å². The molecule has 4 rings (SSSR count). The molecule has 0 spiro atoms. The Morgan fingerprint density at radius 1 is 1.06 bits per heavy atom. The second kappa shape index (κ2) is 10.6. The van der Waals surface area contributed by atoms with Gasteiger partial charge in [-0.2, -0.15) is 5.10 Å². The van der Waals surface area contributed by atoms with Crippen LogP contribution in [0.1, 0.15) is 11.1 Å². The summed E-state index contributed by atoms with van der Waals surface area (Å²) in [6.45, 7) is 0.745. The lowest BCUT2D eigenvalue weighted by molar-refractivity contribution is 0.284. The number of aromatic nitrogens is 3. The fourth-order valence-corrected chi connectivity index (χ4v) is 4.29. The monoisotopic (exact) mass is 564 g/mol. The second-order valence-electron chi connectivity index (χ2n) is 7.01. The lowest BCUT2D eigenvalue weighted by Gasteiger charge is -2.16. The van der Waals surface area contributed by atoms with Crippen molar-refractivity contribution in [3.8, 4) is 22.9 Å². The van der Waals surface area contributed by atoms with Crippen LogP contribution in [-0.4, -0.2) is 22.0 Å². The number of methoxy groups -OCH3 is 1. The fourth-order valence-electron chi connectivity index (χ4n) is 3.17. The number of nitrogens with zero attached hydrogens (tertiary/aromatic N) is 2. The molecular weight excluding hydrogens is 547 g/mol. The number of rotatable bonds is 8. The molecule has 1 heterocycles. The van der Waals surface area contributed by atoms with Crippen LogP contribution in [0.25, 0.3) is 11.4 Å². The van der Waals surface area contributed by atoms with E-state index in [1.165, 1.54) is 0 Å². The smallest absolute Gasteiger partial charge is 0.214 e. The first-order valence-corrected chi connectivity index (χ1v) is 11.8. The van der Waals surface area contributed by atoms with E-state index in [0.717, 1.165) is 21.2 Å². The molecule has 2 N–H and O–H groups in total. The zero-order chi connectivity index (χ0) is 23.4. The van der Waals surface area contributed by atoms with Crippen molar-refractivity contribution in [3.63, 3.8) is 0 Å². The standard InChI is InChI=1S/C23H19BrCl2N4O2S/c1-31-20-9-16(12-27-30-22(28-29-23(30)33)14-5-3-2-4-6-14)18(24)11-21(20)32-13-15-7-8-17(25)10-19(15)26/h2-11,27H,12-13H2,1H3,(H,29,33). The molecule has 33 heavy (non-hydrogen) atoms. The molecule has 6 nitrogen and oxygen atoms in total. The molecule has 0 saturated heterocycles. The summed E-state index contributed by atoms with van der Waals surface area (Å²) in [6.07, 6.45) is 0. The Bertz CT molecular complexity index is 1330. The Balaban J connectivity index is 1.52. The highest BCUT2D eigenvalue weighted by atomic mass is 79.9. The molecule has 0 aliphatic heterocycles. The summed E-state index contributed by atoms with van der Waals surface area (Å²) in [5.74, 6) is 1.88. The summed E-state index contributed by atoms with van der Waals surface area (Å²) in [4.78, 5) is 0. The highest BCUT2D eigenvalue weighted by molar-refractivity contribution is 9.10. The highest BCUT2D eigenvalue weighted by Crippen LogP contribution is 2.35. The first kappa shape index (κ1) is 23.6. The minimum absolute atomic E-state index is 0.279. The van der Waals surface area contributed by atoms with Crippen LogP contribution in [0.3, 0.4) is 0 Å². The van der Waals surface area contributed by atoms with Crippen molar-refractivity contribution < 1.29 is 9.47 Å². The molecule has 0 bridgehead atoms. The maximum Gasteiger partial charge on any atom is 0.214 e. The van der Waals surface area contributed by atoms with Crippen molar-refractivity contribution in [3.05, 3.63) is 91.1 Å². The zero-order valence-electron chi connectivity index (χ0n) is 17.4. The van der Waals surface area contributed by atoms with Crippen molar-refractivity contribution in [1.82, 2.24) is 14.9 Å². The van der Waals surface area contributed by atoms with Gasteiger partial charge in [0.05, 0.1) is 13.7 Å². The molecule has 0 amide bonds. The van der Waals surface area contributed by atoms with Crippen LogP contribution in [0, 0.1) is 4.77 Å². The Hall–Kier alpha value is -2.52. The SMILES string of the molecule is COc1cc(CNn2c(-c3ccccc3)n[nH]c2=S)c(Br)cc1OCc1ccc(Cl)cc1Cl. The molecular formula is C23H19BrCl2N4O2S. The maximum absolute atomic E-state index is 6.25. The van der Waals surface area contributed by atoms with Gasteiger partial charge in [-0.3, -0.25) is 0 Å². The predicted molar refractivity (Wildman–Crippen MR) is 137 cm³/mol. The van der Waals surface area contributed by atoms with Gasteiger partial charge >= 0.3 is 0 Å². The van der Waals surface area contributed by atoms with Gasteiger partial charge in [-0.15, -0.1) is 0 Å². The van der Waals surface area contributed by atoms with Crippen LogP contribution in [-0.2, 0) is 13.2 Å². The quantitative estimate of drug-likeness (QED) is 0.225. The van der Waals surface area contributed by atoms with E-state index in [-0.39, 0.29) is 6.61 Å². The van der Waals surface area contributed by atoms with E-state index in [9.17, 15) is 0 Å². The Labute approximate surface area is 214 Å². The van der Waals surface area contributed by atoms with Crippen molar-refractivity contribution in [2.45, 2.75) is 13.2 Å². The van der Waals surface area contributed by atoms with Crippen LogP contribution >= 0.6 is 51.3 Å². The Kier molecular flexibility index (Phi) is 7.60. The Morgan fingerprint density at radius 3 is 2.58 bits per heavy atom. The van der Waals surface area contributed by atoms with E-state index in [4.69, 9.17) is 44.9 Å². The number of benzene rings is 3. The van der Waals surface area contributed by atoms with Gasteiger partial charge in [-0.25, -0.2) is 9.77 Å². The van der Waals surface area contributed by atoms with E-state index in [1.54, 1.807) is 23.9 Å². The van der Waals surface area contributed by atoms with Gasteiger partial charge in [0.25, 0.3) is 0 Å². The first-order chi connectivity index (χ1) is 16.0. The van der Waals surface area contributed by atoms with Gasteiger partial charge in [-0.05, 0) is 42.0 Å². The van der Waals surface area contributed by atoms with Gasteiger partial charge in [-0.1, -0.05) is 75.5 Å². The van der Waals surface area contributed by atoms with Gasteiger partial charge in [0.2, 0.25) is 4.77 Å². The number of hydrogen-bond donors (Lipinski definition) is 2. The van der Waals surface area contributed by atoms with E-state index >= 15 is 0 Å². The average Bonchev–Trinajstić information content (AvgIpc) is 3.18. The molecule has 0 aliphatic rings. The molecule has 0 aliphatic carbocycles. The van der Waals surface area contributed by atoms with Crippen LogP contribution in [0.2, 0.25) is 10.0 Å². The summed E-state index contributed by atoms with van der Waals surface area (Å²) in [7, 11) is 1.60. The average molecular weight is 566 g/mol. The van der Waals surface area contributed by atoms with Crippen LogP contribution in [0.4, 0.5) is 0 Å². The van der Waals surface area contributed by atoms with Crippen molar-refractivity contribution >= 4 is 51.3 Å². The van der Waals surface area contributed by atoms with Crippen molar-refractivity contribution in [1.29, 1.82) is 0 Å². The number of halogens is 3. The molecule has 10 heteroatoms. The summed E-state index contributed by atoms with van der Waals surface area (Å²) >= 11 is 21.2.